The van der Waals surface area contributed by atoms with Crippen molar-refractivity contribution >= 4 is 0 Å². The van der Waals surface area contributed by atoms with Crippen molar-refractivity contribution in [2.45, 2.75) is 39.5 Å². The first-order chi connectivity index (χ1) is 24.5. The predicted octanol–water partition coefficient (Wildman–Crippen LogP) is 11.0. The van der Waals surface area contributed by atoms with Gasteiger partial charge < -0.3 is 4.74 Å². The Morgan fingerprint density at radius 1 is 0.549 bits per heavy atom. The molecule has 0 atom stereocenters. The number of benzene rings is 5. The first kappa shape index (κ1) is 33.1. The van der Waals surface area contributed by atoms with Crippen LogP contribution in [0.25, 0.3) is 44.8 Å². The first-order valence-electron chi connectivity index (χ1n) is 17.4. The molecule has 250 valence electrons. The number of aryl methyl sites for hydroxylation is 2. The number of rotatable bonds is 6. The van der Waals surface area contributed by atoms with Crippen LogP contribution in [-0.4, -0.2) is 9.97 Å². The van der Waals surface area contributed by atoms with Crippen LogP contribution in [-0.2, 0) is 46.7 Å². The van der Waals surface area contributed by atoms with E-state index in [-0.39, 0.29) is 26.5 Å². The Morgan fingerprint density at radius 3 is 2.00 bits per heavy atom. The number of fused-ring (bicyclic) bond motifs is 2. The largest absolute Gasteiger partial charge is 2.00 e. The van der Waals surface area contributed by atoms with Crippen LogP contribution in [0.3, 0.4) is 0 Å². The molecule has 2 heterocycles. The third kappa shape index (κ3) is 6.37. The van der Waals surface area contributed by atoms with E-state index in [2.05, 4.69) is 117 Å². The van der Waals surface area contributed by atoms with Gasteiger partial charge in [-0.3, -0.25) is 9.97 Å². The summed E-state index contributed by atoms with van der Waals surface area (Å²) in [5.74, 6) is 1.00. The SMILES string of the molecule is Cc1cc(-c2ccccc2)cc(C)c1-c1cc(Oc2cccc(-c3[c-]ccc4c3CC3(Cc5ccccc5C3)C4)n2)nc(-c2[c-]cccc2)c1.[Pt+2]. The molecule has 9 rings (SSSR count). The van der Waals surface area contributed by atoms with Crippen molar-refractivity contribution in [1.29, 1.82) is 0 Å². The summed E-state index contributed by atoms with van der Waals surface area (Å²) in [6.45, 7) is 4.36. The zero-order chi connectivity index (χ0) is 33.7. The van der Waals surface area contributed by atoms with Gasteiger partial charge in [0.15, 0.2) is 0 Å². The van der Waals surface area contributed by atoms with E-state index in [4.69, 9.17) is 14.7 Å². The number of hydrogen-bond donors (Lipinski definition) is 0. The monoisotopic (exact) mass is 839 g/mol. The van der Waals surface area contributed by atoms with Gasteiger partial charge in [-0.05, 0) is 100 Å². The maximum atomic E-state index is 6.54. The van der Waals surface area contributed by atoms with Crippen LogP contribution in [0.2, 0.25) is 0 Å². The fourth-order valence-electron chi connectivity index (χ4n) is 8.36. The molecule has 5 aromatic carbocycles. The van der Waals surface area contributed by atoms with Crippen molar-refractivity contribution < 1.29 is 25.8 Å². The molecule has 3 nitrogen and oxygen atoms in total. The minimum atomic E-state index is 0. The second kappa shape index (κ2) is 13.5. The molecule has 0 aliphatic heterocycles. The first-order valence-corrected chi connectivity index (χ1v) is 17.4. The van der Waals surface area contributed by atoms with E-state index >= 15 is 0 Å². The van der Waals surface area contributed by atoms with Crippen LogP contribution in [0.1, 0.15) is 33.4 Å². The summed E-state index contributed by atoms with van der Waals surface area (Å²) in [7, 11) is 0. The molecule has 0 unspecified atom stereocenters. The number of nitrogens with zero attached hydrogens (tertiary/aromatic N) is 2. The minimum Gasteiger partial charge on any atom is -0.422 e. The third-order valence-electron chi connectivity index (χ3n) is 10.5. The molecule has 7 aromatic rings. The second-order valence-electron chi connectivity index (χ2n) is 14.0. The van der Waals surface area contributed by atoms with Gasteiger partial charge in [0.05, 0.1) is 0 Å². The van der Waals surface area contributed by atoms with Crippen LogP contribution in [0.4, 0.5) is 0 Å². The molecule has 4 heteroatoms. The number of ether oxygens (including phenoxy) is 1. The standard InChI is InChI=1S/C47H36N2O.Pt/c1-31-23-38(33-13-5-3-6-14-33)24-32(2)46(31)39-25-43(34-15-7-4-8-16-34)49-45(26-39)50-44-22-12-21-42(48-44)40-20-11-19-37-29-47(30-41(37)40)27-35-17-9-10-18-36(35)28-47;/h3-15,17-19,21-26H,27-30H2,1-2H3;/q-2;+2. The van der Waals surface area contributed by atoms with Gasteiger partial charge in [0.2, 0.25) is 11.8 Å². The van der Waals surface area contributed by atoms with Crippen molar-refractivity contribution in [3.05, 3.63) is 179 Å². The summed E-state index contributed by atoms with van der Waals surface area (Å²) < 4.78 is 6.54. The maximum Gasteiger partial charge on any atom is 2.00 e. The number of aromatic nitrogens is 2. The van der Waals surface area contributed by atoms with Gasteiger partial charge in [-0.25, -0.2) is 0 Å². The molecular weight excluding hydrogens is 804 g/mol. The molecule has 2 aromatic heterocycles. The Bertz CT molecular complexity index is 2340. The summed E-state index contributed by atoms with van der Waals surface area (Å²) >= 11 is 0. The number of pyridine rings is 2. The normalized spacial score (nSPS) is 13.8. The Balaban J connectivity index is 0.00000374. The van der Waals surface area contributed by atoms with E-state index in [1.165, 1.54) is 50.1 Å². The Kier molecular flexibility index (Phi) is 8.78. The molecular formula is C47H36N2OPt. The van der Waals surface area contributed by atoms with E-state index in [0.717, 1.165) is 53.8 Å². The van der Waals surface area contributed by atoms with Crippen molar-refractivity contribution in [3.8, 4) is 56.5 Å². The van der Waals surface area contributed by atoms with E-state index in [9.17, 15) is 0 Å². The van der Waals surface area contributed by atoms with Crippen molar-refractivity contribution in [3.63, 3.8) is 0 Å². The average molecular weight is 840 g/mol. The maximum absolute atomic E-state index is 6.54. The smallest absolute Gasteiger partial charge is 0.422 e. The second-order valence-corrected chi connectivity index (χ2v) is 14.0. The third-order valence-corrected chi connectivity index (χ3v) is 10.5. The van der Waals surface area contributed by atoms with Crippen molar-refractivity contribution in [2.24, 2.45) is 5.41 Å². The van der Waals surface area contributed by atoms with Crippen LogP contribution >= 0.6 is 0 Å². The minimum absolute atomic E-state index is 0. The fourth-order valence-corrected chi connectivity index (χ4v) is 8.36. The summed E-state index contributed by atoms with van der Waals surface area (Å²) in [4.78, 5) is 10.0. The molecule has 51 heavy (non-hydrogen) atoms. The molecule has 2 aliphatic carbocycles. The molecule has 1 spiro atoms. The predicted molar refractivity (Wildman–Crippen MR) is 201 cm³/mol. The zero-order valence-electron chi connectivity index (χ0n) is 28.6. The van der Waals surface area contributed by atoms with E-state index in [1.54, 1.807) is 0 Å². The van der Waals surface area contributed by atoms with E-state index in [0.29, 0.717) is 11.8 Å². The molecule has 0 amide bonds. The van der Waals surface area contributed by atoms with E-state index in [1.807, 2.05) is 42.5 Å². The van der Waals surface area contributed by atoms with Crippen LogP contribution in [0, 0.1) is 31.4 Å². The van der Waals surface area contributed by atoms with Crippen LogP contribution in [0.15, 0.2) is 133 Å². The van der Waals surface area contributed by atoms with Gasteiger partial charge in [0.25, 0.3) is 0 Å². The quantitative estimate of drug-likeness (QED) is 0.157. The van der Waals surface area contributed by atoms with Crippen LogP contribution < -0.4 is 4.74 Å². The zero-order valence-corrected chi connectivity index (χ0v) is 30.9. The molecule has 2 aliphatic rings. The Hall–Kier alpha value is -5.11. The van der Waals surface area contributed by atoms with E-state index < -0.39 is 0 Å². The van der Waals surface area contributed by atoms with Gasteiger partial charge in [0.1, 0.15) is 0 Å². The number of hydrogen-bond acceptors (Lipinski definition) is 3. The summed E-state index contributed by atoms with van der Waals surface area (Å²) in [5.41, 5.74) is 16.7. The fraction of sp³-hybridized carbons (Fsp3) is 0.149. The average Bonchev–Trinajstić information content (AvgIpc) is 3.70. The molecule has 0 bridgehead atoms. The molecule has 0 N–H and O–H groups in total. The van der Waals surface area contributed by atoms with Gasteiger partial charge >= 0.3 is 21.1 Å². The van der Waals surface area contributed by atoms with Gasteiger partial charge in [-0.15, -0.1) is 70.8 Å². The topological polar surface area (TPSA) is 35.0 Å². The summed E-state index contributed by atoms with van der Waals surface area (Å²) in [6, 6.07) is 53.4. The van der Waals surface area contributed by atoms with Gasteiger partial charge in [-0.1, -0.05) is 91.3 Å². The Labute approximate surface area is 314 Å². The Morgan fingerprint density at radius 2 is 1.25 bits per heavy atom. The molecule has 0 fully saturated rings. The molecule has 0 radical (unpaired) electrons. The van der Waals surface area contributed by atoms with Gasteiger partial charge in [-0.2, -0.15) is 0 Å². The molecule has 0 saturated heterocycles. The van der Waals surface area contributed by atoms with Crippen molar-refractivity contribution in [2.75, 3.05) is 0 Å². The summed E-state index contributed by atoms with van der Waals surface area (Å²) in [5, 5.41) is 0. The van der Waals surface area contributed by atoms with Gasteiger partial charge in [0, 0.05) is 6.07 Å². The molecule has 0 saturated carbocycles. The van der Waals surface area contributed by atoms with Crippen molar-refractivity contribution in [1.82, 2.24) is 9.97 Å². The van der Waals surface area contributed by atoms with Crippen LogP contribution in [0.5, 0.6) is 11.8 Å². The summed E-state index contributed by atoms with van der Waals surface area (Å²) in [6.07, 6.45) is 4.39.